The van der Waals surface area contributed by atoms with Gasteiger partial charge in [-0.2, -0.15) is 4.52 Å². The highest BCUT2D eigenvalue weighted by Crippen LogP contribution is 2.26. The Morgan fingerprint density at radius 1 is 1.00 bits per heavy atom. The van der Waals surface area contributed by atoms with E-state index in [4.69, 9.17) is 10.7 Å². The van der Waals surface area contributed by atoms with Crippen molar-refractivity contribution in [2.45, 2.75) is 6.54 Å². The van der Waals surface area contributed by atoms with E-state index in [1.165, 1.54) is 12.1 Å². The number of halogens is 2. The minimum Gasteiger partial charge on any atom is -0.369 e. The molecular formula is C20H19BrFN7. The van der Waals surface area contributed by atoms with Crippen molar-refractivity contribution in [2.75, 3.05) is 36.8 Å². The summed E-state index contributed by atoms with van der Waals surface area (Å²) >= 11 is 3.52. The van der Waals surface area contributed by atoms with E-state index in [-0.39, 0.29) is 5.82 Å². The van der Waals surface area contributed by atoms with Gasteiger partial charge in [0.05, 0.1) is 12.1 Å². The maximum absolute atomic E-state index is 13.1. The molecule has 0 unspecified atom stereocenters. The summed E-state index contributed by atoms with van der Waals surface area (Å²) in [6, 6.07) is 12.5. The Kier molecular flexibility index (Phi) is 4.56. The first-order valence-corrected chi connectivity index (χ1v) is 10.2. The highest BCUT2D eigenvalue weighted by Gasteiger charge is 2.20. The van der Waals surface area contributed by atoms with Crippen molar-refractivity contribution in [1.29, 1.82) is 0 Å². The molecular weight excluding hydrogens is 437 g/mol. The normalized spacial score (nSPS) is 15.4. The fourth-order valence-corrected chi connectivity index (χ4v) is 4.20. The van der Waals surface area contributed by atoms with Crippen LogP contribution < -0.4 is 10.6 Å². The quantitative estimate of drug-likeness (QED) is 0.511. The SMILES string of the molecule is Nc1nc2c(Br)cccc2c2nc(CN3CCN(c4ccc(F)cc4)CC3)nn12. The van der Waals surface area contributed by atoms with Crippen molar-refractivity contribution in [1.82, 2.24) is 24.5 Å². The largest absolute Gasteiger partial charge is 0.369 e. The van der Waals surface area contributed by atoms with Crippen LogP contribution in [0.1, 0.15) is 5.82 Å². The van der Waals surface area contributed by atoms with Gasteiger partial charge in [0.15, 0.2) is 11.5 Å². The molecule has 2 aromatic heterocycles. The molecule has 9 heteroatoms. The van der Waals surface area contributed by atoms with Gasteiger partial charge in [-0.15, -0.1) is 5.10 Å². The van der Waals surface area contributed by atoms with E-state index in [1.54, 1.807) is 4.52 Å². The molecule has 1 fully saturated rings. The summed E-state index contributed by atoms with van der Waals surface area (Å²) in [5.74, 6) is 0.833. The molecule has 4 aromatic rings. The third kappa shape index (κ3) is 3.40. The fraction of sp³-hybridized carbons (Fsp3) is 0.250. The Labute approximate surface area is 175 Å². The van der Waals surface area contributed by atoms with Crippen LogP contribution in [0.25, 0.3) is 16.6 Å². The molecule has 1 aliphatic heterocycles. The molecule has 0 amide bonds. The molecule has 3 heterocycles. The van der Waals surface area contributed by atoms with E-state index in [1.807, 2.05) is 30.3 Å². The first-order chi connectivity index (χ1) is 14.1. The van der Waals surface area contributed by atoms with Crippen LogP contribution in [0.4, 0.5) is 16.0 Å². The van der Waals surface area contributed by atoms with E-state index >= 15 is 0 Å². The standard InChI is InChI=1S/C20H19BrFN7/c21-16-3-1-2-15-18(16)25-20(23)29-19(15)24-17(26-29)12-27-8-10-28(11-9-27)14-6-4-13(22)5-7-14/h1-7H,8-12H2,(H2,23,25). The zero-order chi connectivity index (χ0) is 20.0. The van der Waals surface area contributed by atoms with E-state index < -0.39 is 0 Å². The molecule has 0 bridgehead atoms. The van der Waals surface area contributed by atoms with Gasteiger partial charge in [-0.1, -0.05) is 6.07 Å². The number of anilines is 2. The van der Waals surface area contributed by atoms with Crippen LogP contribution in [0.5, 0.6) is 0 Å². The Morgan fingerprint density at radius 2 is 1.76 bits per heavy atom. The van der Waals surface area contributed by atoms with Gasteiger partial charge in [-0.05, 0) is 52.3 Å². The summed E-state index contributed by atoms with van der Waals surface area (Å²) in [5.41, 5.74) is 8.66. The molecule has 2 aromatic carbocycles. The van der Waals surface area contributed by atoms with E-state index in [0.29, 0.717) is 18.1 Å². The topological polar surface area (TPSA) is 75.6 Å². The Hall–Kier alpha value is -2.78. The Morgan fingerprint density at radius 3 is 2.52 bits per heavy atom. The second-order valence-corrected chi connectivity index (χ2v) is 7.96. The van der Waals surface area contributed by atoms with Crippen molar-refractivity contribution in [2.24, 2.45) is 0 Å². The molecule has 0 aliphatic carbocycles. The molecule has 29 heavy (non-hydrogen) atoms. The van der Waals surface area contributed by atoms with Gasteiger partial charge < -0.3 is 10.6 Å². The van der Waals surface area contributed by atoms with Crippen molar-refractivity contribution in [3.8, 4) is 0 Å². The zero-order valence-corrected chi connectivity index (χ0v) is 17.2. The van der Waals surface area contributed by atoms with Crippen LogP contribution in [0.15, 0.2) is 46.9 Å². The lowest BCUT2D eigenvalue weighted by molar-refractivity contribution is 0.244. The van der Waals surface area contributed by atoms with Gasteiger partial charge in [0.25, 0.3) is 0 Å². The lowest BCUT2D eigenvalue weighted by atomic mass is 10.2. The molecule has 0 atom stereocenters. The number of aromatic nitrogens is 4. The summed E-state index contributed by atoms with van der Waals surface area (Å²) in [5, 5.41) is 5.49. The first-order valence-electron chi connectivity index (χ1n) is 9.41. The third-order valence-electron chi connectivity index (χ3n) is 5.25. The number of rotatable bonds is 3. The number of nitrogens with two attached hydrogens (primary N) is 1. The van der Waals surface area contributed by atoms with Gasteiger partial charge in [0.2, 0.25) is 5.95 Å². The lowest BCUT2D eigenvalue weighted by Crippen LogP contribution is -2.46. The van der Waals surface area contributed by atoms with Gasteiger partial charge in [0, 0.05) is 41.7 Å². The summed E-state index contributed by atoms with van der Waals surface area (Å²) in [4.78, 5) is 13.8. The maximum Gasteiger partial charge on any atom is 0.223 e. The maximum atomic E-state index is 13.1. The predicted molar refractivity (Wildman–Crippen MR) is 114 cm³/mol. The summed E-state index contributed by atoms with van der Waals surface area (Å²) in [6.07, 6.45) is 0. The number of nitrogens with zero attached hydrogens (tertiary/aromatic N) is 6. The van der Waals surface area contributed by atoms with Crippen LogP contribution in [0.2, 0.25) is 0 Å². The average molecular weight is 456 g/mol. The highest BCUT2D eigenvalue weighted by molar-refractivity contribution is 9.10. The van der Waals surface area contributed by atoms with Crippen molar-refractivity contribution >= 4 is 44.1 Å². The van der Waals surface area contributed by atoms with E-state index in [9.17, 15) is 4.39 Å². The minimum atomic E-state index is -0.210. The summed E-state index contributed by atoms with van der Waals surface area (Å²) in [7, 11) is 0. The van der Waals surface area contributed by atoms with E-state index in [0.717, 1.165) is 53.1 Å². The van der Waals surface area contributed by atoms with E-state index in [2.05, 4.69) is 35.8 Å². The first kappa shape index (κ1) is 18.3. The molecule has 1 aliphatic rings. The summed E-state index contributed by atoms with van der Waals surface area (Å²) in [6.45, 7) is 4.16. The van der Waals surface area contributed by atoms with Gasteiger partial charge in [-0.25, -0.2) is 14.4 Å². The number of para-hydroxylation sites is 1. The molecule has 148 valence electrons. The number of hydrogen-bond acceptors (Lipinski definition) is 6. The molecule has 5 rings (SSSR count). The molecule has 1 saturated heterocycles. The van der Waals surface area contributed by atoms with Crippen molar-refractivity contribution in [3.05, 3.63) is 58.6 Å². The summed E-state index contributed by atoms with van der Waals surface area (Å²) < 4.78 is 15.6. The predicted octanol–water partition coefficient (Wildman–Crippen LogP) is 3.08. The van der Waals surface area contributed by atoms with Gasteiger partial charge >= 0.3 is 0 Å². The highest BCUT2D eigenvalue weighted by atomic mass is 79.9. The number of hydrogen-bond donors (Lipinski definition) is 1. The monoisotopic (exact) mass is 455 g/mol. The molecule has 0 radical (unpaired) electrons. The molecule has 7 nitrogen and oxygen atoms in total. The minimum absolute atomic E-state index is 0.210. The zero-order valence-electron chi connectivity index (χ0n) is 15.6. The second-order valence-electron chi connectivity index (χ2n) is 7.11. The van der Waals surface area contributed by atoms with Gasteiger partial charge in [0.1, 0.15) is 5.82 Å². The number of benzene rings is 2. The van der Waals surface area contributed by atoms with Gasteiger partial charge in [-0.3, -0.25) is 4.90 Å². The Bertz CT molecular complexity index is 1180. The average Bonchev–Trinajstić information content (AvgIpc) is 3.15. The smallest absolute Gasteiger partial charge is 0.223 e. The third-order valence-corrected chi connectivity index (χ3v) is 5.89. The van der Waals surface area contributed by atoms with Crippen molar-refractivity contribution in [3.63, 3.8) is 0 Å². The van der Waals surface area contributed by atoms with Crippen LogP contribution >= 0.6 is 15.9 Å². The molecule has 0 saturated carbocycles. The van der Waals surface area contributed by atoms with Crippen molar-refractivity contribution < 1.29 is 4.39 Å². The van der Waals surface area contributed by atoms with Crippen LogP contribution in [0, 0.1) is 5.82 Å². The molecule has 0 spiro atoms. The Balaban J connectivity index is 1.35. The number of fused-ring (bicyclic) bond motifs is 3. The van der Waals surface area contributed by atoms with Crippen LogP contribution in [-0.2, 0) is 6.54 Å². The fourth-order valence-electron chi connectivity index (χ4n) is 3.74. The number of piperazine rings is 1. The van der Waals surface area contributed by atoms with Crippen LogP contribution in [0.3, 0.4) is 0 Å². The lowest BCUT2D eigenvalue weighted by Gasteiger charge is -2.35. The number of nitrogen functional groups attached to an aromatic ring is 1. The molecule has 2 N–H and O–H groups in total. The second kappa shape index (κ2) is 7.23. The van der Waals surface area contributed by atoms with Crippen LogP contribution in [-0.4, -0.2) is 50.7 Å².